The Hall–Kier alpha value is -1.91. The van der Waals surface area contributed by atoms with Crippen LogP contribution in [0.5, 0.6) is 0 Å². The highest BCUT2D eigenvalue weighted by Gasteiger charge is 2.11. The lowest BCUT2D eigenvalue weighted by Crippen LogP contribution is -2.28. The fraction of sp³-hybridized carbons (Fsp3) is 0.133. The molecule has 0 aliphatic carbocycles. The minimum atomic E-state index is -0.964. The van der Waals surface area contributed by atoms with E-state index in [1.165, 1.54) is 24.3 Å². The molecule has 0 saturated carbocycles. The van der Waals surface area contributed by atoms with Crippen LogP contribution in [0.2, 0.25) is 5.02 Å². The first-order chi connectivity index (χ1) is 9.56. The van der Waals surface area contributed by atoms with Crippen LogP contribution in [-0.4, -0.2) is 17.6 Å². The van der Waals surface area contributed by atoms with Gasteiger partial charge in [0.2, 0.25) is 0 Å². The summed E-state index contributed by atoms with van der Waals surface area (Å²) in [7, 11) is 0. The molecule has 0 aliphatic heterocycles. The first-order valence-electron chi connectivity index (χ1n) is 6.03. The quantitative estimate of drug-likeness (QED) is 0.910. The van der Waals surface area contributed by atoms with Gasteiger partial charge in [-0.1, -0.05) is 29.8 Å². The van der Waals surface area contributed by atoms with Crippen molar-refractivity contribution in [3.8, 4) is 0 Å². The molecule has 0 radical (unpaired) electrons. The smallest absolute Gasteiger partial charge is 0.251 e. The van der Waals surface area contributed by atoms with Gasteiger partial charge in [0, 0.05) is 17.1 Å². The third-order valence-corrected chi connectivity index (χ3v) is 3.01. The summed E-state index contributed by atoms with van der Waals surface area (Å²) in [6.07, 6.45) is -0.964. The van der Waals surface area contributed by atoms with E-state index in [0.29, 0.717) is 16.1 Å². The van der Waals surface area contributed by atoms with Crippen LogP contribution in [0.4, 0.5) is 4.39 Å². The Bertz CT molecular complexity index is 618. The summed E-state index contributed by atoms with van der Waals surface area (Å²) in [6.45, 7) is -0.00516. The van der Waals surface area contributed by atoms with Gasteiger partial charge >= 0.3 is 0 Å². The molecule has 2 rings (SSSR count). The number of amides is 1. The van der Waals surface area contributed by atoms with Gasteiger partial charge in [-0.2, -0.15) is 0 Å². The van der Waals surface area contributed by atoms with Crippen molar-refractivity contribution >= 4 is 17.5 Å². The summed E-state index contributed by atoms with van der Waals surface area (Å²) in [5.74, 6) is -0.773. The van der Waals surface area contributed by atoms with Crippen molar-refractivity contribution < 1.29 is 14.3 Å². The highest BCUT2D eigenvalue weighted by molar-refractivity contribution is 6.30. The number of hydrogen-bond acceptors (Lipinski definition) is 2. The van der Waals surface area contributed by atoms with Crippen LogP contribution < -0.4 is 5.32 Å². The summed E-state index contributed by atoms with van der Waals surface area (Å²) >= 11 is 5.79. The van der Waals surface area contributed by atoms with Crippen LogP contribution in [0.25, 0.3) is 0 Å². The number of rotatable bonds is 4. The Balaban J connectivity index is 1.96. The average molecular weight is 294 g/mol. The van der Waals surface area contributed by atoms with E-state index in [4.69, 9.17) is 11.6 Å². The van der Waals surface area contributed by atoms with Gasteiger partial charge in [0.1, 0.15) is 5.82 Å². The highest BCUT2D eigenvalue weighted by Crippen LogP contribution is 2.14. The lowest BCUT2D eigenvalue weighted by Gasteiger charge is -2.12. The maximum atomic E-state index is 13.0. The SMILES string of the molecule is O=C(NC[C@H](O)c1cccc(F)c1)c1cccc(Cl)c1. The zero-order chi connectivity index (χ0) is 14.5. The Labute approximate surface area is 121 Å². The maximum Gasteiger partial charge on any atom is 0.251 e. The van der Waals surface area contributed by atoms with Gasteiger partial charge in [0.25, 0.3) is 5.91 Å². The van der Waals surface area contributed by atoms with Crippen LogP contribution in [0.15, 0.2) is 48.5 Å². The van der Waals surface area contributed by atoms with Gasteiger partial charge in [0.15, 0.2) is 0 Å². The van der Waals surface area contributed by atoms with Gasteiger partial charge in [-0.15, -0.1) is 0 Å². The van der Waals surface area contributed by atoms with Gasteiger partial charge in [-0.3, -0.25) is 4.79 Å². The van der Waals surface area contributed by atoms with Crippen molar-refractivity contribution in [2.75, 3.05) is 6.54 Å². The molecule has 20 heavy (non-hydrogen) atoms. The molecule has 5 heteroatoms. The molecular weight excluding hydrogens is 281 g/mol. The normalized spacial score (nSPS) is 11.9. The van der Waals surface area contributed by atoms with E-state index in [2.05, 4.69) is 5.32 Å². The zero-order valence-corrected chi connectivity index (χ0v) is 11.3. The minimum absolute atomic E-state index is 0.00516. The first-order valence-corrected chi connectivity index (χ1v) is 6.41. The topological polar surface area (TPSA) is 49.3 Å². The molecule has 0 bridgehead atoms. The summed E-state index contributed by atoms with van der Waals surface area (Å²) in [5.41, 5.74) is 0.820. The molecule has 0 aliphatic rings. The predicted molar refractivity (Wildman–Crippen MR) is 75.1 cm³/mol. The largest absolute Gasteiger partial charge is 0.387 e. The van der Waals surface area contributed by atoms with Crippen molar-refractivity contribution in [3.05, 3.63) is 70.5 Å². The van der Waals surface area contributed by atoms with Crippen LogP contribution in [0.3, 0.4) is 0 Å². The third-order valence-electron chi connectivity index (χ3n) is 2.78. The van der Waals surface area contributed by atoms with Crippen LogP contribution in [0.1, 0.15) is 22.0 Å². The molecule has 2 N–H and O–H groups in total. The number of halogens is 2. The average Bonchev–Trinajstić information content (AvgIpc) is 2.44. The second-order valence-corrected chi connectivity index (χ2v) is 4.73. The first kappa shape index (κ1) is 14.5. The second-order valence-electron chi connectivity index (χ2n) is 4.29. The minimum Gasteiger partial charge on any atom is -0.387 e. The summed E-state index contributed by atoms with van der Waals surface area (Å²) in [4.78, 5) is 11.8. The lowest BCUT2D eigenvalue weighted by atomic mass is 10.1. The van der Waals surface area contributed by atoms with Crippen LogP contribution in [-0.2, 0) is 0 Å². The van der Waals surface area contributed by atoms with E-state index in [1.807, 2.05) is 0 Å². The summed E-state index contributed by atoms with van der Waals surface area (Å²) < 4.78 is 13.0. The number of carbonyl (C=O) groups is 1. The van der Waals surface area contributed by atoms with E-state index in [-0.39, 0.29) is 12.5 Å². The number of hydrogen-bond donors (Lipinski definition) is 2. The Kier molecular flexibility index (Phi) is 4.71. The second kappa shape index (κ2) is 6.50. The summed E-state index contributed by atoms with van der Waals surface area (Å²) in [6, 6.07) is 12.1. The number of carbonyl (C=O) groups excluding carboxylic acids is 1. The van der Waals surface area contributed by atoms with Crippen LogP contribution >= 0.6 is 11.6 Å². The third kappa shape index (κ3) is 3.79. The predicted octanol–water partition coefficient (Wildman–Crippen LogP) is 2.94. The number of benzene rings is 2. The van der Waals surface area contributed by atoms with Crippen molar-refractivity contribution in [1.82, 2.24) is 5.32 Å². The molecule has 0 heterocycles. The van der Waals surface area contributed by atoms with Gasteiger partial charge < -0.3 is 10.4 Å². The highest BCUT2D eigenvalue weighted by atomic mass is 35.5. The lowest BCUT2D eigenvalue weighted by molar-refractivity contribution is 0.0916. The van der Waals surface area contributed by atoms with E-state index in [1.54, 1.807) is 24.3 Å². The van der Waals surface area contributed by atoms with Crippen molar-refractivity contribution in [2.45, 2.75) is 6.10 Å². The Morgan fingerprint density at radius 1 is 1.25 bits per heavy atom. The van der Waals surface area contributed by atoms with Crippen molar-refractivity contribution in [1.29, 1.82) is 0 Å². The molecule has 3 nitrogen and oxygen atoms in total. The van der Waals surface area contributed by atoms with Crippen LogP contribution in [0, 0.1) is 5.82 Å². The number of aliphatic hydroxyl groups is 1. The van der Waals surface area contributed by atoms with E-state index >= 15 is 0 Å². The molecule has 0 spiro atoms. The zero-order valence-electron chi connectivity index (χ0n) is 10.5. The molecule has 2 aromatic carbocycles. The summed E-state index contributed by atoms with van der Waals surface area (Å²) in [5, 5.41) is 12.9. The molecule has 0 unspecified atom stereocenters. The fourth-order valence-corrected chi connectivity index (χ4v) is 1.94. The Morgan fingerprint density at radius 3 is 2.70 bits per heavy atom. The van der Waals surface area contributed by atoms with Crippen molar-refractivity contribution in [2.24, 2.45) is 0 Å². The standard InChI is InChI=1S/C15H13ClFNO2/c16-12-5-1-4-11(7-12)15(20)18-9-14(19)10-3-2-6-13(17)8-10/h1-8,14,19H,9H2,(H,18,20)/t14-/m0/s1. The van der Waals surface area contributed by atoms with Gasteiger partial charge in [0.05, 0.1) is 6.10 Å². The fourth-order valence-electron chi connectivity index (χ4n) is 1.75. The molecule has 1 amide bonds. The Morgan fingerprint density at radius 2 is 2.00 bits per heavy atom. The van der Waals surface area contributed by atoms with E-state index in [0.717, 1.165) is 0 Å². The van der Waals surface area contributed by atoms with E-state index in [9.17, 15) is 14.3 Å². The molecule has 0 aromatic heterocycles. The molecule has 1 atom stereocenters. The maximum absolute atomic E-state index is 13.0. The van der Waals surface area contributed by atoms with Crippen molar-refractivity contribution in [3.63, 3.8) is 0 Å². The monoisotopic (exact) mass is 293 g/mol. The van der Waals surface area contributed by atoms with Gasteiger partial charge in [-0.25, -0.2) is 4.39 Å². The molecular formula is C15H13ClFNO2. The number of aliphatic hydroxyl groups excluding tert-OH is 1. The molecule has 0 saturated heterocycles. The number of nitrogens with one attached hydrogen (secondary N) is 1. The van der Waals surface area contributed by atoms with Gasteiger partial charge in [-0.05, 0) is 35.9 Å². The molecule has 0 fully saturated rings. The van der Waals surface area contributed by atoms with E-state index < -0.39 is 11.9 Å². The molecule has 104 valence electrons. The molecule has 2 aromatic rings.